The van der Waals surface area contributed by atoms with Crippen LogP contribution in [0.5, 0.6) is 0 Å². The second-order valence-corrected chi connectivity index (χ2v) is 2.15. The summed E-state index contributed by atoms with van der Waals surface area (Å²) in [5.74, 6) is -2.20. The Kier molecular flexibility index (Phi) is 2.41. The van der Waals surface area contributed by atoms with Crippen molar-refractivity contribution in [2.75, 3.05) is 0 Å². The third kappa shape index (κ3) is 1.56. The molecule has 0 aliphatic rings. The standard InChI is InChI=1S/C7H4F2O4/c8-6(9)3-2-13-4(1-10)5(3)7(11)12/h1-2,6H,(H,11,12). The molecule has 0 aliphatic heterocycles. The Bertz CT molecular complexity index is 342. The number of carboxylic acid groups (broad SMARTS) is 1. The number of carboxylic acids is 1. The smallest absolute Gasteiger partial charge is 0.340 e. The number of aromatic carboxylic acids is 1. The maximum absolute atomic E-state index is 12.1. The summed E-state index contributed by atoms with van der Waals surface area (Å²) in [6, 6.07) is 0. The van der Waals surface area contributed by atoms with E-state index in [1.165, 1.54) is 0 Å². The molecule has 0 saturated heterocycles. The van der Waals surface area contributed by atoms with Crippen LogP contribution < -0.4 is 0 Å². The van der Waals surface area contributed by atoms with Crippen molar-refractivity contribution >= 4 is 12.3 Å². The molecular weight excluding hydrogens is 186 g/mol. The number of alkyl halides is 2. The Morgan fingerprint density at radius 2 is 2.23 bits per heavy atom. The molecule has 0 unspecified atom stereocenters. The van der Waals surface area contributed by atoms with Crippen LogP contribution in [0.4, 0.5) is 8.78 Å². The number of halogens is 2. The van der Waals surface area contributed by atoms with E-state index in [0.29, 0.717) is 6.26 Å². The maximum atomic E-state index is 12.1. The number of aldehydes is 1. The van der Waals surface area contributed by atoms with Crippen LogP contribution in [0.2, 0.25) is 0 Å². The first-order valence-corrected chi connectivity index (χ1v) is 3.16. The molecule has 1 aromatic heterocycles. The molecular formula is C7H4F2O4. The average Bonchev–Trinajstić information content (AvgIpc) is 2.46. The summed E-state index contributed by atoms with van der Waals surface area (Å²) in [5, 5.41) is 8.46. The maximum Gasteiger partial charge on any atom is 0.340 e. The first-order chi connectivity index (χ1) is 6.07. The Morgan fingerprint density at radius 3 is 2.62 bits per heavy atom. The molecule has 1 heterocycles. The lowest BCUT2D eigenvalue weighted by Gasteiger charge is -1.95. The van der Waals surface area contributed by atoms with Gasteiger partial charge in [-0.3, -0.25) is 4.79 Å². The van der Waals surface area contributed by atoms with Crippen LogP contribution in [0.15, 0.2) is 10.7 Å². The van der Waals surface area contributed by atoms with Crippen molar-refractivity contribution in [1.82, 2.24) is 0 Å². The molecule has 70 valence electrons. The first-order valence-electron chi connectivity index (χ1n) is 3.16. The van der Waals surface area contributed by atoms with E-state index in [1.54, 1.807) is 0 Å². The van der Waals surface area contributed by atoms with E-state index in [1.807, 2.05) is 0 Å². The number of carbonyl (C=O) groups is 2. The molecule has 0 fully saturated rings. The van der Waals surface area contributed by atoms with E-state index in [9.17, 15) is 18.4 Å². The Hall–Kier alpha value is -1.72. The molecule has 1 aromatic rings. The van der Waals surface area contributed by atoms with Gasteiger partial charge in [0.05, 0.1) is 5.56 Å². The van der Waals surface area contributed by atoms with Gasteiger partial charge in [0.1, 0.15) is 11.8 Å². The van der Waals surface area contributed by atoms with Gasteiger partial charge in [-0.2, -0.15) is 0 Å². The van der Waals surface area contributed by atoms with Crippen LogP contribution in [-0.2, 0) is 0 Å². The summed E-state index contributed by atoms with van der Waals surface area (Å²) in [6.45, 7) is 0. The van der Waals surface area contributed by atoms with Crippen molar-refractivity contribution in [3.63, 3.8) is 0 Å². The molecule has 0 atom stereocenters. The zero-order valence-corrected chi connectivity index (χ0v) is 6.16. The molecule has 1 N–H and O–H groups in total. The van der Waals surface area contributed by atoms with Crippen molar-refractivity contribution in [1.29, 1.82) is 0 Å². The minimum absolute atomic E-state index is 0.0787. The normalized spacial score (nSPS) is 10.4. The summed E-state index contributed by atoms with van der Waals surface area (Å²) in [5.41, 5.74) is -1.56. The molecule has 1 rings (SSSR count). The van der Waals surface area contributed by atoms with Gasteiger partial charge in [-0.15, -0.1) is 0 Å². The molecule has 0 spiro atoms. The van der Waals surface area contributed by atoms with Gasteiger partial charge in [0, 0.05) is 0 Å². The third-order valence-corrected chi connectivity index (χ3v) is 1.40. The zero-order valence-electron chi connectivity index (χ0n) is 6.16. The summed E-state index contributed by atoms with van der Waals surface area (Å²) < 4.78 is 28.5. The minimum Gasteiger partial charge on any atom is -0.478 e. The molecule has 13 heavy (non-hydrogen) atoms. The van der Waals surface area contributed by atoms with Crippen molar-refractivity contribution < 1.29 is 27.9 Å². The lowest BCUT2D eigenvalue weighted by molar-refractivity contribution is 0.0681. The molecule has 0 bridgehead atoms. The fourth-order valence-corrected chi connectivity index (χ4v) is 0.863. The van der Waals surface area contributed by atoms with E-state index in [2.05, 4.69) is 4.42 Å². The van der Waals surface area contributed by atoms with Crippen LogP contribution in [-0.4, -0.2) is 17.4 Å². The van der Waals surface area contributed by atoms with Crippen LogP contribution in [0.25, 0.3) is 0 Å². The SMILES string of the molecule is O=Cc1occ(C(F)F)c1C(=O)O. The van der Waals surface area contributed by atoms with Gasteiger partial charge in [0.15, 0.2) is 12.0 Å². The predicted molar refractivity (Wildman–Crippen MR) is 36.0 cm³/mol. The van der Waals surface area contributed by atoms with Gasteiger partial charge in [-0.1, -0.05) is 0 Å². The lowest BCUT2D eigenvalue weighted by Crippen LogP contribution is -2.02. The van der Waals surface area contributed by atoms with E-state index in [4.69, 9.17) is 5.11 Å². The Morgan fingerprint density at radius 1 is 1.62 bits per heavy atom. The van der Waals surface area contributed by atoms with Gasteiger partial charge < -0.3 is 9.52 Å². The highest BCUT2D eigenvalue weighted by Gasteiger charge is 2.25. The van der Waals surface area contributed by atoms with Crippen molar-refractivity contribution in [2.24, 2.45) is 0 Å². The van der Waals surface area contributed by atoms with E-state index >= 15 is 0 Å². The molecule has 0 saturated carbocycles. The highest BCUT2D eigenvalue weighted by atomic mass is 19.3. The van der Waals surface area contributed by atoms with E-state index in [0.717, 1.165) is 0 Å². The van der Waals surface area contributed by atoms with Crippen molar-refractivity contribution in [2.45, 2.75) is 6.43 Å². The molecule has 6 heteroatoms. The van der Waals surface area contributed by atoms with Gasteiger partial charge in [-0.25, -0.2) is 13.6 Å². The molecule has 0 aliphatic carbocycles. The monoisotopic (exact) mass is 190 g/mol. The predicted octanol–water partition coefficient (Wildman–Crippen LogP) is 1.73. The van der Waals surface area contributed by atoms with Gasteiger partial charge in [0.2, 0.25) is 0 Å². The molecule has 0 aromatic carbocycles. The largest absolute Gasteiger partial charge is 0.478 e. The summed E-state index contributed by atoms with van der Waals surface area (Å²) in [7, 11) is 0. The highest BCUT2D eigenvalue weighted by molar-refractivity contribution is 5.97. The number of rotatable bonds is 3. The highest BCUT2D eigenvalue weighted by Crippen LogP contribution is 2.26. The number of carbonyl (C=O) groups excluding carboxylic acids is 1. The van der Waals surface area contributed by atoms with Crippen molar-refractivity contribution in [3.05, 3.63) is 23.2 Å². The van der Waals surface area contributed by atoms with Crippen LogP contribution in [0.1, 0.15) is 32.9 Å². The van der Waals surface area contributed by atoms with E-state index < -0.39 is 29.3 Å². The molecule has 0 radical (unpaired) electrons. The summed E-state index contributed by atoms with van der Waals surface area (Å²) >= 11 is 0. The minimum atomic E-state index is -2.97. The van der Waals surface area contributed by atoms with Crippen LogP contribution in [0.3, 0.4) is 0 Å². The number of hydrogen-bond acceptors (Lipinski definition) is 3. The van der Waals surface area contributed by atoms with E-state index in [-0.39, 0.29) is 6.29 Å². The topological polar surface area (TPSA) is 67.5 Å². The summed E-state index contributed by atoms with van der Waals surface area (Å²) in [4.78, 5) is 20.6. The molecule has 4 nitrogen and oxygen atoms in total. The first kappa shape index (κ1) is 9.37. The van der Waals surface area contributed by atoms with Crippen LogP contribution >= 0.6 is 0 Å². The lowest BCUT2D eigenvalue weighted by atomic mass is 10.1. The Balaban J connectivity index is 3.29. The van der Waals surface area contributed by atoms with Crippen molar-refractivity contribution in [3.8, 4) is 0 Å². The third-order valence-electron chi connectivity index (χ3n) is 1.40. The van der Waals surface area contributed by atoms with Crippen LogP contribution in [0, 0.1) is 0 Å². The summed E-state index contributed by atoms with van der Waals surface area (Å²) in [6.07, 6.45) is -2.32. The zero-order chi connectivity index (χ0) is 10.0. The second-order valence-electron chi connectivity index (χ2n) is 2.15. The Labute approximate surface area is 70.8 Å². The number of hydrogen-bond donors (Lipinski definition) is 1. The van der Waals surface area contributed by atoms with Gasteiger partial charge in [-0.05, 0) is 0 Å². The molecule has 0 amide bonds. The fraction of sp³-hybridized carbons (Fsp3) is 0.143. The fourth-order valence-electron chi connectivity index (χ4n) is 0.863. The quantitative estimate of drug-likeness (QED) is 0.737. The number of furan rings is 1. The van der Waals surface area contributed by atoms with Gasteiger partial charge >= 0.3 is 5.97 Å². The van der Waals surface area contributed by atoms with Gasteiger partial charge in [0.25, 0.3) is 6.43 Å². The average molecular weight is 190 g/mol. The second kappa shape index (κ2) is 3.34.